The highest BCUT2D eigenvalue weighted by molar-refractivity contribution is 5.81. The van der Waals surface area contributed by atoms with Crippen molar-refractivity contribution < 1.29 is 14.3 Å². The van der Waals surface area contributed by atoms with E-state index in [1.54, 1.807) is 12.4 Å². The monoisotopic (exact) mass is 297 g/mol. The first kappa shape index (κ1) is 13.1. The van der Waals surface area contributed by atoms with Gasteiger partial charge in [-0.25, -0.2) is 4.98 Å². The SMILES string of the molecule is COC(=O)[C@H]1c2nccnc2N[C@H]2c3ccccc3OC[C@@H]21. The molecule has 0 aliphatic carbocycles. The van der Waals surface area contributed by atoms with Gasteiger partial charge in [-0.1, -0.05) is 18.2 Å². The predicted octanol–water partition coefficient (Wildman–Crippen LogP) is 1.91. The summed E-state index contributed by atoms with van der Waals surface area (Å²) in [5.41, 5.74) is 1.66. The number of esters is 1. The lowest BCUT2D eigenvalue weighted by Gasteiger charge is -2.41. The maximum absolute atomic E-state index is 12.3. The minimum atomic E-state index is -0.478. The summed E-state index contributed by atoms with van der Waals surface area (Å²) in [7, 11) is 1.40. The third kappa shape index (κ3) is 1.83. The van der Waals surface area contributed by atoms with Crippen LogP contribution < -0.4 is 10.1 Å². The minimum absolute atomic E-state index is 0.0433. The third-order valence-corrected chi connectivity index (χ3v) is 4.31. The second kappa shape index (κ2) is 4.98. The highest BCUT2D eigenvalue weighted by atomic mass is 16.5. The van der Waals surface area contributed by atoms with Crippen molar-refractivity contribution in [1.82, 2.24) is 9.97 Å². The first-order valence-corrected chi connectivity index (χ1v) is 7.16. The molecule has 1 N–H and O–H groups in total. The van der Waals surface area contributed by atoms with Gasteiger partial charge in [0.15, 0.2) is 0 Å². The van der Waals surface area contributed by atoms with Gasteiger partial charge in [-0.05, 0) is 6.07 Å². The summed E-state index contributed by atoms with van der Waals surface area (Å²) in [5, 5.41) is 3.40. The lowest BCUT2D eigenvalue weighted by atomic mass is 9.77. The Hall–Kier alpha value is -2.63. The standard InChI is InChI=1S/C16H15N3O3/c1-21-16(20)12-10-8-22-11-5-3-2-4-9(11)13(10)19-15-14(12)17-6-7-18-15/h2-7,10,12-13H,8H2,1H3,(H,18,19)/t10-,12-,13+/m1/s1. The average Bonchev–Trinajstić information content (AvgIpc) is 2.59. The van der Waals surface area contributed by atoms with Crippen LogP contribution in [-0.4, -0.2) is 29.7 Å². The van der Waals surface area contributed by atoms with Gasteiger partial charge in [0.25, 0.3) is 0 Å². The molecular formula is C16H15N3O3. The number of nitrogens with one attached hydrogen (secondary N) is 1. The Bertz CT molecular complexity index is 734. The first-order valence-electron chi connectivity index (χ1n) is 7.16. The number of para-hydroxylation sites is 1. The van der Waals surface area contributed by atoms with Crippen LogP contribution in [0.15, 0.2) is 36.7 Å². The molecule has 2 aliphatic heterocycles. The van der Waals surface area contributed by atoms with Crippen LogP contribution in [0.4, 0.5) is 5.82 Å². The molecule has 0 radical (unpaired) electrons. The molecule has 2 aliphatic rings. The first-order chi connectivity index (χ1) is 10.8. The van der Waals surface area contributed by atoms with Gasteiger partial charge in [0, 0.05) is 23.9 Å². The lowest BCUT2D eigenvalue weighted by Crippen LogP contribution is -2.42. The smallest absolute Gasteiger partial charge is 0.315 e. The third-order valence-electron chi connectivity index (χ3n) is 4.31. The fourth-order valence-corrected chi connectivity index (χ4v) is 3.31. The van der Waals surface area contributed by atoms with Crippen molar-refractivity contribution in [3.8, 4) is 5.75 Å². The predicted molar refractivity (Wildman–Crippen MR) is 78.6 cm³/mol. The molecule has 0 unspecified atom stereocenters. The molecule has 112 valence electrons. The highest BCUT2D eigenvalue weighted by Gasteiger charge is 2.46. The Balaban J connectivity index is 1.85. The topological polar surface area (TPSA) is 73.3 Å². The molecule has 2 aromatic rings. The summed E-state index contributed by atoms with van der Waals surface area (Å²) >= 11 is 0. The van der Waals surface area contributed by atoms with E-state index in [1.165, 1.54) is 7.11 Å². The van der Waals surface area contributed by atoms with Crippen LogP contribution in [0.2, 0.25) is 0 Å². The van der Waals surface area contributed by atoms with Crippen LogP contribution in [0, 0.1) is 5.92 Å². The van der Waals surface area contributed by atoms with Gasteiger partial charge in [0.05, 0.1) is 25.5 Å². The molecule has 3 heterocycles. The van der Waals surface area contributed by atoms with Crippen molar-refractivity contribution in [2.24, 2.45) is 5.92 Å². The Morgan fingerprint density at radius 2 is 2.14 bits per heavy atom. The molecule has 0 fully saturated rings. The normalized spacial score (nSPS) is 24.9. The van der Waals surface area contributed by atoms with Crippen molar-refractivity contribution in [3.63, 3.8) is 0 Å². The largest absolute Gasteiger partial charge is 0.493 e. The number of carbonyl (C=O) groups is 1. The summed E-state index contributed by atoms with van der Waals surface area (Å²) in [6, 6.07) is 7.80. The van der Waals surface area contributed by atoms with Crippen molar-refractivity contribution in [2.45, 2.75) is 12.0 Å². The molecule has 4 rings (SSSR count). The van der Waals surface area contributed by atoms with Gasteiger partial charge in [-0.2, -0.15) is 0 Å². The van der Waals surface area contributed by atoms with E-state index in [9.17, 15) is 4.79 Å². The fourth-order valence-electron chi connectivity index (χ4n) is 3.31. The number of hydrogen-bond donors (Lipinski definition) is 1. The Labute approximate surface area is 127 Å². The Morgan fingerprint density at radius 1 is 1.32 bits per heavy atom. The van der Waals surface area contributed by atoms with Crippen molar-refractivity contribution in [1.29, 1.82) is 0 Å². The van der Waals surface area contributed by atoms with Gasteiger partial charge in [-0.15, -0.1) is 0 Å². The molecule has 1 aromatic heterocycles. The second-order valence-corrected chi connectivity index (χ2v) is 5.43. The number of hydrogen-bond acceptors (Lipinski definition) is 6. The molecule has 0 bridgehead atoms. The molecule has 3 atom stereocenters. The number of anilines is 1. The van der Waals surface area contributed by atoms with Gasteiger partial charge < -0.3 is 14.8 Å². The van der Waals surface area contributed by atoms with Crippen molar-refractivity contribution >= 4 is 11.8 Å². The zero-order valence-corrected chi connectivity index (χ0v) is 12.0. The molecular weight excluding hydrogens is 282 g/mol. The number of methoxy groups -OCH3 is 1. The quantitative estimate of drug-likeness (QED) is 0.811. The molecule has 6 nitrogen and oxygen atoms in total. The molecule has 0 spiro atoms. The lowest BCUT2D eigenvalue weighted by molar-refractivity contribution is -0.144. The van der Waals surface area contributed by atoms with Crippen LogP contribution >= 0.6 is 0 Å². The van der Waals surface area contributed by atoms with Crippen LogP contribution in [0.1, 0.15) is 23.2 Å². The van der Waals surface area contributed by atoms with Crippen LogP contribution in [0.25, 0.3) is 0 Å². The maximum Gasteiger partial charge on any atom is 0.315 e. The second-order valence-electron chi connectivity index (χ2n) is 5.43. The highest BCUT2D eigenvalue weighted by Crippen LogP contribution is 2.48. The summed E-state index contributed by atoms with van der Waals surface area (Å²) in [6.07, 6.45) is 3.21. The summed E-state index contributed by atoms with van der Waals surface area (Å²) in [4.78, 5) is 21.0. The van der Waals surface area contributed by atoms with Gasteiger partial charge >= 0.3 is 5.97 Å². The molecule has 0 amide bonds. The fraction of sp³-hybridized carbons (Fsp3) is 0.312. The van der Waals surface area contributed by atoms with E-state index in [-0.39, 0.29) is 17.9 Å². The number of fused-ring (bicyclic) bond motifs is 4. The van der Waals surface area contributed by atoms with Gasteiger partial charge in [-0.3, -0.25) is 9.78 Å². The molecule has 22 heavy (non-hydrogen) atoms. The zero-order valence-electron chi connectivity index (χ0n) is 12.0. The van der Waals surface area contributed by atoms with Gasteiger partial charge in [0.1, 0.15) is 17.5 Å². The zero-order chi connectivity index (χ0) is 15.1. The van der Waals surface area contributed by atoms with E-state index in [4.69, 9.17) is 9.47 Å². The Kier molecular flexibility index (Phi) is 2.96. The number of rotatable bonds is 1. The van der Waals surface area contributed by atoms with Crippen LogP contribution in [-0.2, 0) is 9.53 Å². The number of ether oxygens (including phenoxy) is 2. The van der Waals surface area contributed by atoms with Crippen molar-refractivity contribution in [2.75, 3.05) is 19.0 Å². The van der Waals surface area contributed by atoms with Crippen LogP contribution in [0.3, 0.4) is 0 Å². The summed E-state index contributed by atoms with van der Waals surface area (Å²) in [5.74, 6) is 0.615. The minimum Gasteiger partial charge on any atom is -0.493 e. The van der Waals surface area contributed by atoms with E-state index in [1.807, 2.05) is 24.3 Å². The number of carbonyl (C=O) groups excluding carboxylic acids is 1. The number of nitrogens with zero attached hydrogens (tertiary/aromatic N) is 2. The van der Waals surface area contributed by atoms with E-state index in [2.05, 4.69) is 15.3 Å². The van der Waals surface area contributed by atoms with Crippen molar-refractivity contribution in [3.05, 3.63) is 47.9 Å². The average molecular weight is 297 g/mol. The molecule has 0 saturated carbocycles. The molecule has 6 heteroatoms. The molecule has 1 aromatic carbocycles. The van der Waals surface area contributed by atoms with Gasteiger partial charge in [0.2, 0.25) is 0 Å². The summed E-state index contributed by atoms with van der Waals surface area (Å²) in [6.45, 7) is 0.435. The Morgan fingerprint density at radius 3 is 3.00 bits per heavy atom. The van der Waals surface area contributed by atoms with E-state index >= 15 is 0 Å². The van der Waals surface area contributed by atoms with E-state index < -0.39 is 5.92 Å². The van der Waals surface area contributed by atoms with E-state index in [0.717, 1.165) is 11.3 Å². The maximum atomic E-state index is 12.3. The number of aromatic nitrogens is 2. The number of benzene rings is 1. The van der Waals surface area contributed by atoms with Crippen LogP contribution in [0.5, 0.6) is 5.75 Å². The van der Waals surface area contributed by atoms with E-state index in [0.29, 0.717) is 18.1 Å². The molecule has 0 saturated heterocycles. The summed E-state index contributed by atoms with van der Waals surface area (Å²) < 4.78 is 10.8.